The molecule has 0 bridgehead atoms. The van der Waals surface area contributed by atoms with Crippen molar-refractivity contribution < 1.29 is 8.42 Å². The average molecular weight is 162 g/mol. The summed E-state index contributed by atoms with van der Waals surface area (Å²) in [6.07, 6.45) is 2.38. The van der Waals surface area contributed by atoms with Crippen molar-refractivity contribution in [3.05, 3.63) is 0 Å². The van der Waals surface area contributed by atoms with E-state index in [1.807, 2.05) is 0 Å². The molecule has 0 heterocycles. The number of sulfone groups is 1. The van der Waals surface area contributed by atoms with Crippen molar-refractivity contribution >= 4 is 9.84 Å². The highest BCUT2D eigenvalue weighted by Gasteiger charge is 2.46. The zero-order chi connectivity index (χ0) is 7.99. The third-order valence-electron chi connectivity index (χ3n) is 2.22. The maximum Gasteiger partial charge on any atom is 0.147 e. The molecule has 0 aliphatic heterocycles. The van der Waals surface area contributed by atoms with Gasteiger partial charge in [-0.25, -0.2) is 8.42 Å². The maximum absolute atomic E-state index is 10.8. The molecule has 0 N–H and O–H groups in total. The van der Waals surface area contributed by atoms with Crippen LogP contribution < -0.4 is 0 Å². The highest BCUT2D eigenvalue weighted by molar-refractivity contribution is 7.90. The van der Waals surface area contributed by atoms with Crippen LogP contribution in [-0.4, -0.2) is 20.4 Å². The summed E-state index contributed by atoms with van der Waals surface area (Å²) < 4.78 is 21.5. The van der Waals surface area contributed by atoms with Crippen LogP contribution in [0.3, 0.4) is 0 Å². The summed E-state index contributed by atoms with van der Waals surface area (Å²) in [5.74, 6) is 0.794. The van der Waals surface area contributed by atoms with E-state index in [2.05, 4.69) is 13.8 Å². The smallest absolute Gasteiger partial charge is 0.147 e. The molecule has 1 saturated carbocycles. The lowest BCUT2D eigenvalue weighted by atomic mass is 10.1. The molecule has 0 spiro atoms. The lowest BCUT2D eigenvalue weighted by Crippen LogP contribution is -2.07. The van der Waals surface area contributed by atoms with E-state index in [1.165, 1.54) is 6.26 Å². The molecule has 1 rings (SSSR count). The van der Waals surface area contributed by atoms with Gasteiger partial charge in [0.2, 0.25) is 0 Å². The fourth-order valence-electron chi connectivity index (χ4n) is 1.23. The second-order valence-corrected chi connectivity index (χ2v) is 6.17. The van der Waals surface area contributed by atoms with E-state index in [9.17, 15) is 8.42 Å². The zero-order valence-electron chi connectivity index (χ0n) is 6.72. The Morgan fingerprint density at radius 1 is 1.50 bits per heavy atom. The van der Waals surface area contributed by atoms with Crippen LogP contribution in [0.25, 0.3) is 0 Å². The second kappa shape index (κ2) is 1.97. The van der Waals surface area contributed by atoms with Gasteiger partial charge in [0.05, 0.1) is 5.75 Å². The summed E-state index contributed by atoms with van der Waals surface area (Å²) in [6, 6.07) is 0. The predicted molar refractivity (Wildman–Crippen MR) is 41.6 cm³/mol. The summed E-state index contributed by atoms with van der Waals surface area (Å²) >= 11 is 0. The van der Waals surface area contributed by atoms with Crippen LogP contribution in [0.5, 0.6) is 0 Å². The Hall–Kier alpha value is -0.0500. The molecule has 60 valence electrons. The van der Waals surface area contributed by atoms with Crippen LogP contribution in [0, 0.1) is 11.3 Å². The van der Waals surface area contributed by atoms with Gasteiger partial charge < -0.3 is 0 Å². The molecule has 3 heteroatoms. The Labute approximate surface area is 62.5 Å². The van der Waals surface area contributed by atoms with Crippen LogP contribution in [0.2, 0.25) is 0 Å². The molecule has 0 aromatic rings. The number of hydrogen-bond acceptors (Lipinski definition) is 2. The fraction of sp³-hybridized carbons (Fsp3) is 1.00. The molecule has 0 amide bonds. The Kier molecular flexibility index (Phi) is 1.59. The van der Waals surface area contributed by atoms with E-state index in [4.69, 9.17) is 0 Å². The first-order valence-electron chi connectivity index (χ1n) is 3.49. The average Bonchev–Trinajstić information content (AvgIpc) is 2.05. The Morgan fingerprint density at radius 2 is 1.90 bits per heavy atom. The van der Waals surface area contributed by atoms with Gasteiger partial charge in [0, 0.05) is 6.26 Å². The first-order chi connectivity index (χ1) is 4.31. The Morgan fingerprint density at radius 3 is 2.00 bits per heavy atom. The van der Waals surface area contributed by atoms with E-state index in [-0.39, 0.29) is 0 Å². The minimum absolute atomic E-state index is 0.295. The highest BCUT2D eigenvalue weighted by Crippen LogP contribution is 2.51. The molecular formula is C7H14O2S. The van der Waals surface area contributed by atoms with Gasteiger partial charge in [-0.3, -0.25) is 0 Å². The first kappa shape index (κ1) is 8.05. The van der Waals surface area contributed by atoms with Crippen LogP contribution in [0.4, 0.5) is 0 Å². The minimum atomic E-state index is -2.73. The van der Waals surface area contributed by atoms with E-state index in [0.717, 1.165) is 6.42 Å². The normalized spacial score (nSPS) is 30.1. The molecule has 0 aromatic heterocycles. The van der Waals surface area contributed by atoms with Gasteiger partial charge in [-0.05, 0) is 17.8 Å². The standard InChI is InChI=1S/C7H14O2S/c1-7(2)4-6(7)5-10(3,8)9/h6H,4-5H2,1-3H3. The Balaban J connectivity index is 2.46. The van der Waals surface area contributed by atoms with Crippen molar-refractivity contribution in [2.75, 3.05) is 12.0 Å². The van der Waals surface area contributed by atoms with E-state index in [0.29, 0.717) is 17.1 Å². The molecule has 0 radical (unpaired) electrons. The minimum Gasteiger partial charge on any atom is -0.229 e. The lowest BCUT2D eigenvalue weighted by Gasteiger charge is -1.99. The van der Waals surface area contributed by atoms with E-state index in [1.54, 1.807) is 0 Å². The van der Waals surface area contributed by atoms with Crippen LogP contribution in [0.1, 0.15) is 20.3 Å². The molecule has 1 atom stereocenters. The van der Waals surface area contributed by atoms with Gasteiger partial charge in [0.15, 0.2) is 0 Å². The largest absolute Gasteiger partial charge is 0.229 e. The maximum atomic E-state index is 10.8. The molecule has 2 nitrogen and oxygen atoms in total. The molecule has 0 saturated heterocycles. The Bertz CT molecular complexity index is 226. The van der Waals surface area contributed by atoms with Crippen molar-refractivity contribution in [3.8, 4) is 0 Å². The lowest BCUT2D eigenvalue weighted by molar-refractivity contribution is 0.564. The summed E-state index contributed by atoms with van der Waals surface area (Å²) in [5, 5.41) is 0. The van der Waals surface area contributed by atoms with Crippen LogP contribution in [-0.2, 0) is 9.84 Å². The quantitative estimate of drug-likeness (QED) is 0.609. The molecule has 1 fully saturated rings. The van der Waals surface area contributed by atoms with Crippen molar-refractivity contribution in [2.24, 2.45) is 11.3 Å². The molecule has 0 aromatic carbocycles. The summed E-state index contributed by atoms with van der Waals surface area (Å²) in [7, 11) is -2.73. The molecule has 1 aliphatic carbocycles. The van der Waals surface area contributed by atoms with Crippen molar-refractivity contribution in [1.82, 2.24) is 0 Å². The molecule has 1 aliphatic rings. The van der Waals surface area contributed by atoms with Crippen molar-refractivity contribution in [1.29, 1.82) is 0 Å². The summed E-state index contributed by atoms with van der Waals surface area (Å²) in [4.78, 5) is 0. The van der Waals surface area contributed by atoms with E-state index < -0.39 is 9.84 Å². The van der Waals surface area contributed by atoms with Gasteiger partial charge >= 0.3 is 0 Å². The van der Waals surface area contributed by atoms with Crippen LogP contribution in [0.15, 0.2) is 0 Å². The monoisotopic (exact) mass is 162 g/mol. The van der Waals surface area contributed by atoms with Gasteiger partial charge in [-0.2, -0.15) is 0 Å². The second-order valence-electron chi connectivity index (χ2n) is 3.98. The highest BCUT2D eigenvalue weighted by atomic mass is 32.2. The number of rotatable bonds is 2. The van der Waals surface area contributed by atoms with Gasteiger partial charge in [-0.1, -0.05) is 13.8 Å². The SMILES string of the molecule is CC1(C)CC1CS(C)(=O)=O. The number of hydrogen-bond donors (Lipinski definition) is 0. The van der Waals surface area contributed by atoms with Crippen molar-refractivity contribution in [3.63, 3.8) is 0 Å². The fourth-order valence-corrected chi connectivity index (χ4v) is 2.53. The van der Waals surface area contributed by atoms with Gasteiger partial charge in [-0.15, -0.1) is 0 Å². The molecule has 1 unspecified atom stereocenters. The van der Waals surface area contributed by atoms with E-state index >= 15 is 0 Å². The van der Waals surface area contributed by atoms with Crippen molar-refractivity contribution in [2.45, 2.75) is 20.3 Å². The van der Waals surface area contributed by atoms with Crippen LogP contribution >= 0.6 is 0 Å². The summed E-state index contributed by atoms with van der Waals surface area (Å²) in [6.45, 7) is 4.23. The molecule has 10 heavy (non-hydrogen) atoms. The van der Waals surface area contributed by atoms with Gasteiger partial charge in [0.1, 0.15) is 9.84 Å². The van der Waals surface area contributed by atoms with Gasteiger partial charge in [0.25, 0.3) is 0 Å². The first-order valence-corrected chi connectivity index (χ1v) is 5.55. The summed E-state index contributed by atoms with van der Waals surface area (Å²) in [5.41, 5.74) is 0.295. The zero-order valence-corrected chi connectivity index (χ0v) is 7.53. The third-order valence-corrected chi connectivity index (χ3v) is 3.23. The molecular weight excluding hydrogens is 148 g/mol. The third kappa shape index (κ3) is 1.97. The predicted octanol–water partition coefficient (Wildman–Crippen LogP) is 1.08. The topological polar surface area (TPSA) is 34.1 Å².